The van der Waals surface area contributed by atoms with Crippen molar-refractivity contribution in [3.8, 4) is 0 Å². The molecule has 0 aliphatic heterocycles. The smallest absolute Gasteiger partial charge is 0.123 e. The largest absolute Gasteiger partial charge is 0.316 e. The molecule has 1 unspecified atom stereocenters. The van der Waals surface area contributed by atoms with E-state index in [9.17, 15) is 4.39 Å². The Kier molecular flexibility index (Phi) is 6.60. The fourth-order valence-electron chi connectivity index (χ4n) is 1.74. The van der Waals surface area contributed by atoms with Gasteiger partial charge in [0.05, 0.1) is 0 Å². The van der Waals surface area contributed by atoms with Crippen LogP contribution in [-0.2, 0) is 6.42 Å². The van der Waals surface area contributed by atoms with E-state index in [-0.39, 0.29) is 5.82 Å². The number of aryl methyl sites for hydroxylation is 1. The normalized spacial score (nSPS) is 12.7. The lowest BCUT2D eigenvalue weighted by Crippen LogP contribution is -2.30. The van der Waals surface area contributed by atoms with E-state index in [1.54, 1.807) is 6.07 Å². The summed E-state index contributed by atoms with van der Waals surface area (Å²) < 4.78 is 13.2. The van der Waals surface area contributed by atoms with Crippen molar-refractivity contribution in [2.24, 2.45) is 0 Å². The Labute approximate surface area is 108 Å². The van der Waals surface area contributed by atoms with Crippen molar-refractivity contribution in [2.45, 2.75) is 32.7 Å². The number of benzene rings is 1. The summed E-state index contributed by atoms with van der Waals surface area (Å²) in [5.74, 6) is 2.14. The van der Waals surface area contributed by atoms with Crippen LogP contribution in [0.5, 0.6) is 0 Å². The Morgan fingerprint density at radius 2 is 2.18 bits per heavy atom. The van der Waals surface area contributed by atoms with Gasteiger partial charge in [-0.1, -0.05) is 13.0 Å². The summed E-state index contributed by atoms with van der Waals surface area (Å²) in [6.07, 6.45) is 2.11. The van der Waals surface area contributed by atoms with Crippen LogP contribution in [0.25, 0.3) is 0 Å². The Morgan fingerprint density at radius 1 is 1.41 bits per heavy atom. The molecule has 17 heavy (non-hydrogen) atoms. The van der Waals surface area contributed by atoms with Gasteiger partial charge >= 0.3 is 0 Å². The quantitative estimate of drug-likeness (QED) is 0.749. The fourth-order valence-corrected chi connectivity index (χ4v) is 2.76. The van der Waals surface area contributed by atoms with Crippen LogP contribution in [0.4, 0.5) is 4.39 Å². The van der Waals surface area contributed by atoms with Gasteiger partial charge in [-0.05, 0) is 55.8 Å². The van der Waals surface area contributed by atoms with E-state index in [0.717, 1.165) is 17.7 Å². The second-order valence-electron chi connectivity index (χ2n) is 4.34. The minimum absolute atomic E-state index is 0.137. The third-order valence-corrected chi connectivity index (χ3v) is 4.19. The number of hydrogen-bond acceptors (Lipinski definition) is 2. The first kappa shape index (κ1) is 14.5. The summed E-state index contributed by atoms with van der Waals surface area (Å²) in [5, 5.41) is 3.31. The van der Waals surface area contributed by atoms with Crippen LogP contribution >= 0.6 is 11.8 Å². The minimum Gasteiger partial charge on any atom is -0.316 e. The number of halogens is 1. The van der Waals surface area contributed by atoms with Crippen molar-refractivity contribution in [3.05, 3.63) is 35.1 Å². The standard InChI is InChI=1S/C14H22FNS/c1-4-7-17-10-14(16-3)9-12-8-13(15)6-5-11(12)2/h5-6,8,14,16H,4,7,9-10H2,1-3H3. The molecule has 1 N–H and O–H groups in total. The van der Waals surface area contributed by atoms with Crippen LogP contribution in [0, 0.1) is 12.7 Å². The van der Waals surface area contributed by atoms with Crippen LogP contribution in [0.2, 0.25) is 0 Å². The summed E-state index contributed by atoms with van der Waals surface area (Å²) in [6, 6.07) is 5.46. The van der Waals surface area contributed by atoms with Gasteiger partial charge in [0.1, 0.15) is 5.82 Å². The first-order valence-corrected chi connectivity index (χ1v) is 7.32. The molecule has 0 heterocycles. The zero-order chi connectivity index (χ0) is 12.7. The average Bonchev–Trinajstić information content (AvgIpc) is 2.32. The number of hydrogen-bond donors (Lipinski definition) is 1. The lowest BCUT2D eigenvalue weighted by molar-refractivity contribution is 0.600. The molecule has 1 rings (SSSR count). The van der Waals surface area contributed by atoms with Gasteiger partial charge in [0.15, 0.2) is 0 Å². The van der Waals surface area contributed by atoms with E-state index in [0.29, 0.717) is 6.04 Å². The molecule has 0 radical (unpaired) electrons. The summed E-state index contributed by atoms with van der Waals surface area (Å²) in [6.45, 7) is 4.23. The second kappa shape index (κ2) is 7.72. The van der Waals surface area contributed by atoms with E-state index in [2.05, 4.69) is 12.2 Å². The van der Waals surface area contributed by atoms with Crippen molar-refractivity contribution < 1.29 is 4.39 Å². The highest BCUT2D eigenvalue weighted by Gasteiger charge is 2.09. The molecule has 96 valence electrons. The van der Waals surface area contributed by atoms with Gasteiger partial charge in [-0.3, -0.25) is 0 Å². The van der Waals surface area contributed by atoms with Gasteiger partial charge in [-0.15, -0.1) is 0 Å². The molecule has 3 heteroatoms. The van der Waals surface area contributed by atoms with Crippen LogP contribution in [0.3, 0.4) is 0 Å². The van der Waals surface area contributed by atoms with Gasteiger partial charge in [-0.25, -0.2) is 4.39 Å². The first-order chi connectivity index (χ1) is 8.17. The lowest BCUT2D eigenvalue weighted by Gasteiger charge is -2.17. The predicted octanol–water partition coefficient (Wildman–Crippen LogP) is 3.41. The molecule has 0 fully saturated rings. The maximum Gasteiger partial charge on any atom is 0.123 e. The maximum atomic E-state index is 13.2. The first-order valence-electron chi connectivity index (χ1n) is 6.17. The third-order valence-electron chi connectivity index (χ3n) is 2.85. The van der Waals surface area contributed by atoms with Crippen molar-refractivity contribution in [2.75, 3.05) is 18.6 Å². The summed E-state index contributed by atoms with van der Waals surface area (Å²) >= 11 is 1.96. The second-order valence-corrected chi connectivity index (χ2v) is 5.49. The summed E-state index contributed by atoms with van der Waals surface area (Å²) in [4.78, 5) is 0. The van der Waals surface area contributed by atoms with E-state index in [1.807, 2.05) is 31.8 Å². The van der Waals surface area contributed by atoms with Crippen molar-refractivity contribution in [1.29, 1.82) is 0 Å². The monoisotopic (exact) mass is 255 g/mol. The average molecular weight is 255 g/mol. The molecule has 0 saturated carbocycles. The highest BCUT2D eigenvalue weighted by molar-refractivity contribution is 7.99. The fraction of sp³-hybridized carbons (Fsp3) is 0.571. The van der Waals surface area contributed by atoms with Crippen LogP contribution in [-0.4, -0.2) is 24.6 Å². The number of likely N-dealkylation sites (N-methyl/N-ethyl adjacent to an activating group) is 1. The third kappa shape index (κ3) is 5.09. The Bertz CT molecular complexity index is 341. The summed E-state index contributed by atoms with van der Waals surface area (Å²) in [5.41, 5.74) is 2.29. The molecule has 0 bridgehead atoms. The van der Waals surface area contributed by atoms with Gasteiger partial charge in [-0.2, -0.15) is 11.8 Å². The maximum absolute atomic E-state index is 13.2. The molecule has 0 aromatic heterocycles. The molecule has 1 nitrogen and oxygen atoms in total. The topological polar surface area (TPSA) is 12.0 Å². The van der Waals surface area contributed by atoms with Gasteiger partial charge in [0, 0.05) is 11.8 Å². The Morgan fingerprint density at radius 3 is 2.82 bits per heavy atom. The molecule has 1 atom stereocenters. The number of rotatable bonds is 7. The molecule has 0 aliphatic carbocycles. The molecule has 0 amide bonds. The Hall–Kier alpha value is -0.540. The number of nitrogens with one attached hydrogen (secondary N) is 1. The van der Waals surface area contributed by atoms with Crippen molar-refractivity contribution in [1.82, 2.24) is 5.32 Å². The SMILES string of the molecule is CCCSCC(Cc1cc(F)ccc1C)NC. The minimum atomic E-state index is -0.137. The van der Waals surface area contributed by atoms with Gasteiger partial charge < -0.3 is 5.32 Å². The molecular formula is C14H22FNS. The molecule has 0 aliphatic rings. The predicted molar refractivity (Wildman–Crippen MR) is 75.3 cm³/mol. The van der Waals surface area contributed by atoms with Crippen molar-refractivity contribution >= 4 is 11.8 Å². The molecular weight excluding hydrogens is 233 g/mol. The van der Waals surface area contributed by atoms with Crippen molar-refractivity contribution in [3.63, 3.8) is 0 Å². The molecule has 0 spiro atoms. The molecule has 1 aromatic rings. The van der Waals surface area contributed by atoms with Gasteiger partial charge in [0.25, 0.3) is 0 Å². The zero-order valence-electron chi connectivity index (χ0n) is 10.9. The van der Waals surface area contributed by atoms with Crippen LogP contribution in [0.15, 0.2) is 18.2 Å². The molecule has 1 aromatic carbocycles. The molecule has 0 saturated heterocycles. The van der Waals surface area contributed by atoms with E-state index in [4.69, 9.17) is 0 Å². The Balaban J connectivity index is 2.57. The van der Waals surface area contributed by atoms with Crippen LogP contribution in [0.1, 0.15) is 24.5 Å². The van der Waals surface area contributed by atoms with E-state index < -0.39 is 0 Å². The highest BCUT2D eigenvalue weighted by Crippen LogP contribution is 2.15. The lowest BCUT2D eigenvalue weighted by atomic mass is 10.0. The number of thioether (sulfide) groups is 1. The van der Waals surface area contributed by atoms with Gasteiger partial charge in [0.2, 0.25) is 0 Å². The van der Waals surface area contributed by atoms with Crippen LogP contribution < -0.4 is 5.32 Å². The zero-order valence-corrected chi connectivity index (χ0v) is 11.7. The highest BCUT2D eigenvalue weighted by atomic mass is 32.2. The summed E-state index contributed by atoms with van der Waals surface area (Å²) in [7, 11) is 1.98. The van der Waals surface area contributed by atoms with E-state index >= 15 is 0 Å². The van der Waals surface area contributed by atoms with E-state index in [1.165, 1.54) is 23.8 Å².